The molecule has 1 saturated carbocycles. The van der Waals surface area contributed by atoms with Gasteiger partial charge >= 0.3 is 0 Å². The molecule has 10 heteroatoms. The number of hydrogen-bond donors (Lipinski definition) is 0. The van der Waals surface area contributed by atoms with Crippen LogP contribution in [0.25, 0.3) is 0 Å². The Kier molecular flexibility index (Phi) is 7.90. The van der Waals surface area contributed by atoms with E-state index >= 15 is 0 Å². The van der Waals surface area contributed by atoms with Crippen molar-refractivity contribution in [2.45, 2.75) is 75.5 Å². The van der Waals surface area contributed by atoms with E-state index in [1.807, 2.05) is 6.07 Å². The van der Waals surface area contributed by atoms with Crippen LogP contribution >= 0.6 is 23.2 Å². The molecule has 1 amide bonds. The molecule has 2 aromatic carbocycles. The first kappa shape index (κ1) is 28.8. The van der Waals surface area contributed by atoms with Gasteiger partial charge in [-0.25, -0.2) is 12.8 Å². The van der Waals surface area contributed by atoms with Crippen LogP contribution in [0.4, 0.5) is 4.39 Å². The van der Waals surface area contributed by atoms with E-state index in [0.717, 1.165) is 12.8 Å². The van der Waals surface area contributed by atoms with Gasteiger partial charge in [0.25, 0.3) is 5.91 Å². The summed E-state index contributed by atoms with van der Waals surface area (Å²) in [7, 11) is -3.65. The normalized spacial score (nSPS) is 25.2. The number of ether oxygens (including phenoxy) is 1. The Morgan fingerprint density at radius 2 is 1.87 bits per heavy atom. The van der Waals surface area contributed by atoms with E-state index in [1.165, 1.54) is 12.1 Å². The summed E-state index contributed by atoms with van der Waals surface area (Å²) >= 11 is 12.3. The maximum absolute atomic E-state index is 14.8. The van der Waals surface area contributed by atoms with Gasteiger partial charge in [0.2, 0.25) is 0 Å². The van der Waals surface area contributed by atoms with Gasteiger partial charge in [0.15, 0.2) is 15.4 Å². The molecule has 1 aliphatic carbocycles. The van der Waals surface area contributed by atoms with Gasteiger partial charge in [0.05, 0.1) is 34.1 Å². The molecule has 2 unspecified atom stereocenters. The fourth-order valence-corrected chi connectivity index (χ4v) is 6.63. The predicted octanol–water partition coefficient (Wildman–Crippen LogP) is 6.44. The van der Waals surface area contributed by atoms with Crippen LogP contribution < -0.4 is 0 Å². The Morgan fingerprint density at radius 3 is 2.42 bits per heavy atom. The largest absolute Gasteiger partial charge is 0.354 e. The number of morpholine rings is 1. The third-order valence-corrected chi connectivity index (χ3v) is 10.6. The summed E-state index contributed by atoms with van der Waals surface area (Å²) in [4.78, 5) is 15.8. The van der Waals surface area contributed by atoms with Crippen molar-refractivity contribution in [1.82, 2.24) is 4.90 Å². The molecule has 204 valence electrons. The van der Waals surface area contributed by atoms with Crippen molar-refractivity contribution in [1.29, 1.82) is 5.26 Å². The average molecular weight is 582 g/mol. The minimum atomic E-state index is -3.65. The second-order valence-corrected chi connectivity index (χ2v) is 14.9. The lowest BCUT2D eigenvalue weighted by Gasteiger charge is -2.51. The fourth-order valence-electron chi connectivity index (χ4n) is 4.93. The number of amides is 1. The number of hydrogen-bond acceptors (Lipinski definition) is 5. The molecule has 0 spiro atoms. The van der Waals surface area contributed by atoms with Gasteiger partial charge in [-0.05, 0) is 81.8 Å². The minimum Gasteiger partial charge on any atom is -0.354 e. The second-order valence-electron chi connectivity index (χ2n) is 11.3. The van der Waals surface area contributed by atoms with E-state index in [9.17, 15) is 22.9 Å². The molecule has 0 aromatic heterocycles. The van der Waals surface area contributed by atoms with Crippen LogP contribution in [0.2, 0.25) is 10.0 Å². The molecule has 38 heavy (non-hydrogen) atoms. The Balaban J connectivity index is 1.96. The number of benzene rings is 2. The molecule has 4 rings (SSSR count). The van der Waals surface area contributed by atoms with Crippen molar-refractivity contribution >= 4 is 38.9 Å². The Labute approximate surface area is 233 Å². The van der Waals surface area contributed by atoms with Gasteiger partial charge in [-0.3, -0.25) is 4.79 Å². The predicted molar refractivity (Wildman–Crippen MR) is 145 cm³/mol. The van der Waals surface area contributed by atoms with E-state index in [0.29, 0.717) is 16.1 Å². The van der Waals surface area contributed by atoms with Crippen LogP contribution in [-0.4, -0.2) is 41.4 Å². The molecule has 0 bridgehead atoms. The highest BCUT2D eigenvalue weighted by molar-refractivity contribution is 7.92. The number of rotatable bonds is 7. The fraction of sp³-hybridized carbons (Fsp3) is 0.500. The van der Waals surface area contributed by atoms with Crippen molar-refractivity contribution in [3.05, 3.63) is 69.5 Å². The van der Waals surface area contributed by atoms with Crippen LogP contribution in [0.1, 0.15) is 70.2 Å². The van der Waals surface area contributed by atoms with Crippen molar-refractivity contribution in [2.75, 3.05) is 5.75 Å². The molecule has 0 radical (unpaired) electrons. The monoisotopic (exact) mass is 580 g/mol. The van der Waals surface area contributed by atoms with E-state index in [4.69, 9.17) is 27.9 Å². The van der Waals surface area contributed by atoms with Crippen molar-refractivity contribution in [2.24, 2.45) is 5.92 Å². The molecule has 1 heterocycles. The zero-order valence-electron chi connectivity index (χ0n) is 21.7. The molecule has 2 fully saturated rings. The summed E-state index contributed by atoms with van der Waals surface area (Å²) < 4.78 is 47.1. The van der Waals surface area contributed by atoms with Gasteiger partial charge in [-0.15, -0.1) is 0 Å². The van der Waals surface area contributed by atoms with Gasteiger partial charge in [0.1, 0.15) is 11.9 Å². The zero-order chi connectivity index (χ0) is 28.0. The first-order valence-corrected chi connectivity index (χ1v) is 14.9. The summed E-state index contributed by atoms with van der Waals surface area (Å²) in [5, 5.41) is 9.97. The number of carbonyl (C=O) groups excluding carboxylic acids is 1. The second kappa shape index (κ2) is 10.4. The molecule has 4 atom stereocenters. The van der Waals surface area contributed by atoms with Crippen LogP contribution in [0.3, 0.4) is 0 Å². The molecule has 0 N–H and O–H groups in total. The zero-order valence-corrected chi connectivity index (χ0v) is 24.1. The molecular formula is C28H31Cl2FN2O4S. The van der Waals surface area contributed by atoms with Gasteiger partial charge in [-0.1, -0.05) is 41.4 Å². The number of nitrogens with zero attached hydrogens (tertiary/aromatic N) is 2. The SMILES string of the molecule is CC(C)(C)S(=O)(=O)CC(C1CC1)N1C(=O)[C@](C)(CC#N)O[C@H](c2cccc(Cl)c2)C1c1ccc(Cl)c(F)c1. The number of halogens is 3. The maximum atomic E-state index is 14.8. The molecule has 6 nitrogen and oxygen atoms in total. The summed E-state index contributed by atoms with van der Waals surface area (Å²) in [5.74, 6) is -1.49. The van der Waals surface area contributed by atoms with Gasteiger partial charge < -0.3 is 9.64 Å². The number of carbonyl (C=O) groups is 1. The van der Waals surface area contributed by atoms with E-state index in [2.05, 4.69) is 0 Å². The molecular weight excluding hydrogens is 550 g/mol. The lowest BCUT2D eigenvalue weighted by Crippen LogP contribution is -2.62. The minimum absolute atomic E-state index is 0.0554. The van der Waals surface area contributed by atoms with Crippen LogP contribution in [0.5, 0.6) is 0 Å². The highest BCUT2D eigenvalue weighted by Crippen LogP contribution is 2.51. The highest BCUT2D eigenvalue weighted by atomic mass is 35.5. The third kappa shape index (κ3) is 5.58. The van der Waals surface area contributed by atoms with Gasteiger partial charge in [-0.2, -0.15) is 5.26 Å². The van der Waals surface area contributed by atoms with E-state index < -0.39 is 50.1 Å². The smallest absolute Gasteiger partial charge is 0.256 e. The van der Waals surface area contributed by atoms with Crippen molar-refractivity contribution in [3.8, 4) is 6.07 Å². The molecule has 2 aliphatic rings. The molecule has 1 aliphatic heterocycles. The first-order chi connectivity index (χ1) is 17.7. The first-order valence-electron chi connectivity index (χ1n) is 12.5. The molecule has 2 aromatic rings. The topological polar surface area (TPSA) is 87.5 Å². The number of sulfone groups is 1. The lowest BCUT2D eigenvalue weighted by atomic mass is 9.86. The Morgan fingerprint density at radius 1 is 1.18 bits per heavy atom. The van der Waals surface area contributed by atoms with Gasteiger partial charge in [0, 0.05) is 11.1 Å². The Hall–Kier alpha value is -2.18. The van der Waals surface area contributed by atoms with Crippen molar-refractivity contribution in [3.63, 3.8) is 0 Å². The van der Waals surface area contributed by atoms with Crippen LogP contribution in [0, 0.1) is 23.1 Å². The van der Waals surface area contributed by atoms with Crippen LogP contribution in [0.15, 0.2) is 42.5 Å². The maximum Gasteiger partial charge on any atom is 0.256 e. The highest BCUT2D eigenvalue weighted by Gasteiger charge is 2.56. The van der Waals surface area contributed by atoms with Crippen LogP contribution in [-0.2, 0) is 19.4 Å². The molecule has 1 saturated heterocycles. The number of nitriles is 1. The Bertz CT molecular complexity index is 1380. The summed E-state index contributed by atoms with van der Waals surface area (Å²) in [5.41, 5.74) is -0.530. The average Bonchev–Trinajstić information content (AvgIpc) is 3.66. The third-order valence-electron chi connectivity index (χ3n) is 7.39. The quantitative estimate of drug-likeness (QED) is 0.376. The summed E-state index contributed by atoms with van der Waals surface area (Å²) in [6.07, 6.45) is 0.412. The standard InChI is InChI=1S/C28H31Cl2FN2O4S/c1-27(2,3)38(35,36)16-23(17-8-9-17)33-24(18-10-11-21(30)22(31)15-18)25(19-6-5-7-20(29)14-19)37-28(4,12-13-32)26(33)34/h5-7,10-11,14-15,17,23-25H,8-9,12,16H2,1-4H3/t23?,24?,25-,28+/m1/s1. The van der Waals surface area contributed by atoms with E-state index in [1.54, 1.807) is 62.9 Å². The summed E-state index contributed by atoms with van der Waals surface area (Å²) in [6, 6.07) is 11.7. The van der Waals surface area contributed by atoms with E-state index in [-0.39, 0.29) is 23.1 Å². The summed E-state index contributed by atoms with van der Waals surface area (Å²) in [6.45, 7) is 6.44. The lowest BCUT2D eigenvalue weighted by molar-refractivity contribution is -0.201. The van der Waals surface area contributed by atoms with Crippen molar-refractivity contribution < 1.29 is 22.3 Å².